The average Bonchev–Trinajstić information content (AvgIpc) is 2.76. The zero-order valence-corrected chi connectivity index (χ0v) is 8.93. The summed E-state index contributed by atoms with van der Waals surface area (Å²) in [6, 6.07) is 3.16. The second kappa shape index (κ2) is 6.26. The number of carbonyl (C=O) groups is 1. The van der Waals surface area contributed by atoms with Crippen molar-refractivity contribution in [2.24, 2.45) is 5.73 Å². The van der Waals surface area contributed by atoms with Gasteiger partial charge < -0.3 is 25.3 Å². The van der Waals surface area contributed by atoms with Crippen LogP contribution in [0.1, 0.15) is 16.3 Å². The summed E-state index contributed by atoms with van der Waals surface area (Å²) in [4.78, 5) is 13.1. The van der Waals surface area contributed by atoms with Crippen LogP contribution >= 0.6 is 0 Å². The lowest BCUT2D eigenvalue weighted by molar-refractivity contribution is 0.0652. The minimum absolute atomic E-state index is 0.157. The quantitative estimate of drug-likeness (QED) is 0.590. The molecule has 0 aromatic carbocycles. The average molecular weight is 228 g/mol. The van der Waals surface area contributed by atoms with Gasteiger partial charge in [0.1, 0.15) is 5.76 Å². The number of furan rings is 1. The third kappa shape index (κ3) is 3.06. The van der Waals surface area contributed by atoms with E-state index in [1.54, 1.807) is 6.07 Å². The van der Waals surface area contributed by atoms with Gasteiger partial charge in [-0.05, 0) is 12.1 Å². The van der Waals surface area contributed by atoms with Gasteiger partial charge in [-0.25, -0.2) is 0 Å². The molecule has 6 nitrogen and oxygen atoms in total. The van der Waals surface area contributed by atoms with E-state index in [2.05, 4.69) is 0 Å². The van der Waals surface area contributed by atoms with Crippen LogP contribution in [0, 0.1) is 0 Å². The van der Waals surface area contributed by atoms with E-state index in [4.69, 9.17) is 20.4 Å². The van der Waals surface area contributed by atoms with E-state index in [1.165, 1.54) is 11.0 Å². The highest BCUT2D eigenvalue weighted by molar-refractivity contribution is 5.91. The molecule has 0 aliphatic heterocycles. The van der Waals surface area contributed by atoms with Gasteiger partial charge >= 0.3 is 0 Å². The largest absolute Gasteiger partial charge is 0.455 e. The molecule has 1 aromatic rings. The molecule has 0 saturated heterocycles. The second-order valence-electron chi connectivity index (χ2n) is 3.21. The first kappa shape index (κ1) is 12.7. The smallest absolute Gasteiger partial charge is 0.289 e. The Kier molecular flexibility index (Phi) is 4.97. The van der Waals surface area contributed by atoms with Crippen molar-refractivity contribution in [1.82, 2.24) is 4.90 Å². The number of rotatable bonds is 6. The van der Waals surface area contributed by atoms with E-state index < -0.39 is 0 Å². The molecule has 0 fully saturated rings. The number of carbonyl (C=O) groups excluding carboxylic acids is 1. The SMILES string of the molecule is NCc1ccc(C(=O)N(CCO)CCO)o1. The van der Waals surface area contributed by atoms with Crippen LogP contribution < -0.4 is 5.73 Å². The Balaban J connectivity index is 2.72. The summed E-state index contributed by atoms with van der Waals surface area (Å²) in [6.45, 7) is 0.246. The number of nitrogens with two attached hydrogens (primary N) is 1. The monoisotopic (exact) mass is 228 g/mol. The van der Waals surface area contributed by atoms with Crippen molar-refractivity contribution in [3.8, 4) is 0 Å². The normalized spacial score (nSPS) is 10.4. The minimum Gasteiger partial charge on any atom is -0.455 e. The topological polar surface area (TPSA) is 99.9 Å². The van der Waals surface area contributed by atoms with Crippen molar-refractivity contribution in [3.05, 3.63) is 23.7 Å². The van der Waals surface area contributed by atoms with E-state index in [1.807, 2.05) is 0 Å². The van der Waals surface area contributed by atoms with Crippen molar-refractivity contribution in [1.29, 1.82) is 0 Å². The first-order valence-corrected chi connectivity index (χ1v) is 5.02. The Morgan fingerprint density at radius 1 is 1.31 bits per heavy atom. The lowest BCUT2D eigenvalue weighted by Crippen LogP contribution is -2.35. The van der Waals surface area contributed by atoms with Crippen LogP contribution in [0.2, 0.25) is 0 Å². The van der Waals surface area contributed by atoms with Gasteiger partial charge in [0.25, 0.3) is 5.91 Å². The molecular weight excluding hydrogens is 212 g/mol. The molecule has 1 aromatic heterocycles. The van der Waals surface area contributed by atoms with Gasteiger partial charge in [-0.1, -0.05) is 0 Å². The summed E-state index contributed by atoms with van der Waals surface area (Å²) in [6.07, 6.45) is 0. The molecule has 90 valence electrons. The van der Waals surface area contributed by atoms with Crippen LogP contribution in [0.3, 0.4) is 0 Å². The Bertz CT molecular complexity index is 331. The van der Waals surface area contributed by atoms with Gasteiger partial charge in [0.2, 0.25) is 0 Å². The third-order valence-electron chi connectivity index (χ3n) is 2.10. The lowest BCUT2D eigenvalue weighted by atomic mass is 10.3. The summed E-state index contributed by atoms with van der Waals surface area (Å²) in [5.74, 6) is 0.335. The predicted octanol–water partition coefficient (Wildman–Crippen LogP) is -0.835. The summed E-state index contributed by atoms with van der Waals surface area (Å²) in [5, 5.41) is 17.6. The van der Waals surface area contributed by atoms with Gasteiger partial charge in [0, 0.05) is 13.1 Å². The summed E-state index contributed by atoms with van der Waals surface area (Å²) in [5.41, 5.74) is 5.36. The Morgan fingerprint density at radius 3 is 2.38 bits per heavy atom. The number of aliphatic hydroxyl groups excluding tert-OH is 2. The van der Waals surface area contributed by atoms with Crippen LogP contribution in [0.4, 0.5) is 0 Å². The number of hydrogen-bond donors (Lipinski definition) is 3. The Labute approximate surface area is 93.3 Å². The molecule has 0 saturated carbocycles. The maximum Gasteiger partial charge on any atom is 0.289 e. The van der Waals surface area contributed by atoms with E-state index in [9.17, 15) is 4.79 Å². The van der Waals surface area contributed by atoms with Crippen LogP contribution in [0.25, 0.3) is 0 Å². The van der Waals surface area contributed by atoms with Crippen LogP contribution in [-0.2, 0) is 6.54 Å². The highest BCUT2D eigenvalue weighted by Gasteiger charge is 2.18. The molecule has 0 aliphatic rings. The van der Waals surface area contributed by atoms with E-state index in [-0.39, 0.29) is 44.5 Å². The molecule has 0 spiro atoms. The van der Waals surface area contributed by atoms with Gasteiger partial charge in [-0.3, -0.25) is 4.79 Å². The molecule has 0 atom stereocenters. The van der Waals surface area contributed by atoms with Gasteiger partial charge in [0.15, 0.2) is 5.76 Å². The minimum atomic E-state index is -0.359. The lowest BCUT2D eigenvalue weighted by Gasteiger charge is -2.18. The Hall–Kier alpha value is -1.37. The van der Waals surface area contributed by atoms with Crippen molar-refractivity contribution in [2.45, 2.75) is 6.54 Å². The third-order valence-corrected chi connectivity index (χ3v) is 2.10. The fourth-order valence-corrected chi connectivity index (χ4v) is 1.31. The van der Waals surface area contributed by atoms with E-state index in [0.717, 1.165) is 0 Å². The predicted molar refractivity (Wildman–Crippen MR) is 56.7 cm³/mol. The van der Waals surface area contributed by atoms with Crippen LogP contribution in [0.15, 0.2) is 16.5 Å². The van der Waals surface area contributed by atoms with Crippen molar-refractivity contribution in [3.63, 3.8) is 0 Å². The number of hydrogen-bond acceptors (Lipinski definition) is 5. The summed E-state index contributed by atoms with van der Waals surface area (Å²) in [7, 11) is 0. The zero-order chi connectivity index (χ0) is 12.0. The number of amides is 1. The first-order chi connectivity index (χ1) is 7.72. The van der Waals surface area contributed by atoms with E-state index in [0.29, 0.717) is 5.76 Å². The van der Waals surface area contributed by atoms with Gasteiger partial charge in [-0.15, -0.1) is 0 Å². The number of aliphatic hydroxyl groups is 2. The molecule has 1 rings (SSSR count). The highest BCUT2D eigenvalue weighted by Crippen LogP contribution is 2.10. The molecular formula is C10H16N2O4. The highest BCUT2D eigenvalue weighted by atomic mass is 16.4. The molecule has 1 amide bonds. The van der Waals surface area contributed by atoms with Crippen molar-refractivity contribution in [2.75, 3.05) is 26.3 Å². The molecule has 16 heavy (non-hydrogen) atoms. The Morgan fingerprint density at radius 2 is 1.94 bits per heavy atom. The van der Waals surface area contributed by atoms with Crippen LogP contribution in [-0.4, -0.2) is 47.3 Å². The van der Waals surface area contributed by atoms with Crippen LogP contribution in [0.5, 0.6) is 0 Å². The standard InChI is InChI=1S/C10H16N2O4/c11-7-8-1-2-9(16-8)10(15)12(3-5-13)4-6-14/h1-2,13-14H,3-7,11H2. The molecule has 0 bridgehead atoms. The maximum atomic E-state index is 11.8. The second-order valence-corrected chi connectivity index (χ2v) is 3.21. The van der Waals surface area contributed by atoms with Gasteiger partial charge in [-0.2, -0.15) is 0 Å². The molecule has 0 unspecified atom stereocenters. The van der Waals surface area contributed by atoms with E-state index >= 15 is 0 Å². The summed E-state index contributed by atoms with van der Waals surface area (Å²) >= 11 is 0. The maximum absolute atomic E-state index is 11.8. The van der Waals surface area contributed by atoms with Gasteiger partial charge in [0.05, 0.1) is 19.8 Å². The van der Waals surface area contributed by atoms with Crippen molar-refractivity contribution >= 4 is 5.91 Å². The fourth-order valence-electron chi connectivity index (χ4n) is 1.31. The molecule has 6 heteroatoms. The molecule has 0 aliphatic carbocycles. The molecule has 1 heterocycles. The zero-order valence-electron chi connectivity index (χ0n) is 8.93. The molecule has 0 radical (unpaired) electrons. The van der Waals surface area contributed by atoms with Crippen molar-refractivity contribution < 1.29 is 19.4 Å². The summed E-state index contributed by atoms with van der Waals surface area (Å²) < 4.78 is 5.19. The number of nitrogens with zero attached hydrogens (tertiary/aromatic N) is 1. The molecule has 4 N–H and O–H groups in total. The first-order valence-electron chi connectivity index (χ1n) is 5.02. The fraction of sp³-hybridized carbons (Fsp3) is 0.500.